The number of fused-ring (bicyclic) bond motifs is 5. The lowest BCUT2D eigenvalue weighted by atomic mass is 9.81. The number of nitrogens with zero attached hydrogens (tertiary/aromatic N) is 4. The van der Waals surface area contributed by atoms with Gasteiger partial charge in [-0.2, -0.15) is 0 Å². The number of carbonyl (C=O) groups is 4. The molecule has 4 heterocycles. The number of imidazole rings is 2. The van der Waals surface area contributed by atoms with Crippen LogP contribution < -0.4 is 10.6 Å². The van der Waals surface area contributed by atoms with E-state index in [0.29, 0.717) is 6.54 Å². The molecular formula is C45H54N8O7. The van der Waals surface area contributed by atoms with E-state index in [1.54, 1.807) is 6.92 Å². The molecule has 4 amide bonds. The van der Waals surface area contributed by atoms with Gasteiger partial charge in [-0.3, -0.25) is 9.59 Å². The Morgan fingerprint density at radius 1 is 0.833 bits per heavy atom. The lowest BCUT2D eigenvalue weighted by Crippen LogP contribution is -2.56. The van der Waals surface area contributed by atoms with E-state index in [-0.39, 0.29) is 41.3 Å². The number of likely N-dealkylation sites (tertiary alicyclic amines) is 2. The van der Waals surface area contributed by atoms with E-state index in [2.05, 4.69) is 76.1 Å². The van der Waals surface area contributed by atoms with Crippen LogP contribution in [-0.4, -0.2) is 106 Å². The molecule has 0 spiro atoms. The van der Waals surface area contributed by atoms with Gasteiger partial charge in [0.05, 0.1) is 55.3 Å². The zero-order chi connectivity index (χ0) is 42.5. The summed E-state index contributed by atoms with van der Waals surface area (Å²) in [5, 5.41) is 7.47. The second kappa shape index (κ2) is 16.2. The monoisotopic (exact) mass is 818 g/mol. The zero-order valence-electron chi connectivity index (χ0n) is 35.2. The summed E-state index contributed by atoms with van der Waals surface area (Å²) < 4.78 is 15.1. The Labute approximate surface area is 348 Å². The predicted octanol–water partition coefficient (Wildman–Crippen LogP) is 7.02. The second-order valence-electron chi connectivity index (χ2n) is 17.1. The number of benzene rings is 3. The van der Waals surface area contributed by atoms with E-state index in [1.165, 1.54) is 21.3 Å². The van der Waals surface area contributed by atoms with Crippen LogP contribution in [0.25, 0.3) is 44.2 Å². The third kappa shape index (κ3) is 7.33. The number of piperidine rings is 1. The summed E-state index contributed by atoms with van der Waals surface area (Å²) in [6, 6.07) is 16.7. The van der Waals surface area contributed by atoms with Crippen LogP contribution in [0.2, 0.25) is 0 Å². The first kappa shape index (κ1) is 40.8. The Morgan fingerprint density at radius 2 is 1.53 bits per heavy atom. The van der Waals surface area contributed by atoms with E-state index < -0.39 is 30.4 Å². The summed E-state index contributed by atoms with van der Waals surface area (Å²) in [6.07, 6.45) is 4.29. The first-order valence-electron chi connectivity index (χ1n) is 20.8. The Kier molecular flexibility index (Phi) is 11.0. The maximum absolute atomic E-state index is 14.2. The van der Waals surface area contributed by atoms with Crippen LogP contribution in [0.1, 0.15) is 83.5 Å². The highest BCUT2D eigenvalue weighted by molar-refractivity contribution is 6.05. The van der Waals surface area contributed by atoms with Gasteiger partial charge in [-0.05, 0) is 84.6 Å². The largest absolute Gasteiger partial charge is 0.453 e. The van der Waals surface area contributed by atoms with Crippen molar-refractivity contribution in [1.29, 1.82) is 0 Å². The Bertz CT molecular complexity index is 2430. The van der Waals surface area contributed by atoms with Gasteiger partial charge >= 0.3 is 12.2 Å². The number of aromatic nitrogens is 4. The number of ether oxygens (including phenoxy) is 3. The highest BCUT2D eigenvalue weighted by atomic mass is 16.5. The first-order chi connectivity index (χ1) is 28.8. The average Bonchev–Trinajstić information content (AvgIpc) is 4.11. The molecule has 1 aliphatic carbocycles. The van der Waals surface area contributed by atoms with Crippen molar-refractivity contribution in [2.45, 2.75) is 96.1 Å². The quantitative estimate of drug-likeness (QED) is 0.109. The third-order valence-corrected chi connectivity index (χ3v) is 13.0. The SMILES string of the molecule is COC(=O)N[C@H](C(=O)N1CCC[C@H]1c1nc2c(ccc3cc(-c4ccc(-c5cnc([C@H]6N(C(=O)[C@@H](NC(=O)OC)[C@@H](C)OC)[C@@H]7CCC6(C)C7)[nH]5)cc4)ccc32)[nH]1)C(C)C. The van der Waals surface area contributed by atoms with Crippen LogP contribution in [0.5, 0.6) is 0 Å². The van der Waals surface area contributed by atoms with E-state index in [9.17, 15) is 19.2 Å². The van der Waals surface area contributed by atoms with Crippen LogP contribution in [0.15, 0.2) is 60.8 Å². The minimum Gasteiger partial charge on any atom is -0.453 e. The van der Waals surface area contributed by atoms with Crippen molar-refractivity contribution in [3.8, 4) is 22.4 Å². The fourth-order valence-corrected chi connectivity index (χ4v) is 9.72. The lowest BCUT2D eigenvalue weighted by Gasteiger charge is -2.41. The van der Waals surface area contributed by atoms with Gasteiger partial charge < -0.3 is 44.6 Å². The molecule has 3 aromatic carbocycles. The number of alkyl carbamates (subject to hydrolysis) is 2. The molecule has 15 heteroatoms. The van der Waals surface area contributed by atoms with Crippen LogP contribution in [0, 0.1) is 11.3 Å². The molecule has 5 aromatic rings. The molecule has 1 unspecified atom stereocenters. The molecule has 0 radical (unpaired) electrons. The molecular weight excluding hydrogens is 765 g/mol. The summed E-state index contributed by atoms with van der Waals surface area (Å²) in [4.78, 5) is 72.8. The van der Waals surface area contributed by atoms with Gasteiger partial charge in [-0.15, -0.1) is 0 Å². The van der Waals surface area contributed by atoms with E-state index in [4.69, 9.17) is 24.2 Å². The Hall–Kier alpha value is -5.96. The molecule has 316 valence electrons. The molecule has 2 aromatic heterocycles. The van der Waals surface area contributed by atoms with Crippen molar-refractivity contribution >= 4 is 45.8 Å². The summed E-state index contributed by atoms with van der Waals surface area (Å²) in [7, 11) is 4.09. The van der Waals surface area contributed by atoms with Gasteiger partial charge in [0.25, 0.3) is 0 Å². The van der Waals surface area contributed by atoms with Crippen molar-refractivity contribution in [2.24, 2.45) is 11.3 Å². The molecule has 3 fully saturated rings. The lowest BCUT2D eigenvalue weighted by molar-refractivity contribution is -0.142. The van der Waals surface area contributed by atoms with Crippen molar-refractivity contribution < 1.29 is 33.4 Å². The molecule has 7 atom stereocenters. The second-order valence-corrected chi connectivity index (χ2v) is 17.1. The number of rotatable bonds is 11. The minimum absolute atomic E-state index is 0.0358. The van der Waals surface area contributed by atoms with Crippen molar-refractivity contribution in [1.82, 2.24) is 40.4 Å². The predicted molar refractivity (Wildman–Crippen MR) is 226 cm³/mol. The van der Waals surface area contributed by atoms with E-state index in [1.807, 2.05) is 35.9 Å². The van der Waals surface area contributed by atoms with Gasteiger partial charge in [0.2, 0.25) is 11.8 Å². The fraction of sp³-hybridized carbons (Fsp3) is 0.467. The molecule has 8 rings (SSSR count). The summed E-state index contributed by atoms with van der Waals surface area (Å²) in [6.45, 7) is 8.38. The molecule has 2 saturated heterocycles. The fourth-order valence-electron chi connectivity index (χ4n) is 9.72. The van der Waals surface area contributed by atoms with Crippen LogP contribution >= 0.6 is 0 Å². The maximum atomic E-state index is 14.2. The number of nitrogens with one attached hydrogen (secondary N) is 4. The zero-order valence-corrected chi connectivity index (χ0v) is 35.2. The Morgan fingerprint density at radius 3 is 2.23 bits per heavy atom. The number of aromatic amines is 2. The molecule has 3 aliphatic rings. The van der Waals surface area contributed by atoms with Crippen molar-refractivity contribution in [3.63, 3.8) is 0 Å². The summed E-state index contributed by atoms with van der Waals surface area (Å²) in [5.74, 6) is 0.991. The number of hydrogen-bond acceptors (Lipinski definition) is 9. The van der Waals surface area contributed by atoms with Crippen molar-refractivity contribution in [2.75, 3.05) is 27.9 Å². The Balaban J connectivity index is 1.01. The van der Waals surface area contributed by atoms with Gasteiger partial charge in [0.15, 0.2) is 0 Å². The van der Waals surface area contributed by atoms with Gasteiger partial charge in [0.1, 0.15) is 23.7 Å². The van der Waals surface area contributed by atoms with Gasteiger partial charge in [0, 0.05) is 25.1 Å². The maximum Gasteiger partial charge on any atom is 0.407 e. The smallest absolute Gasteiger partial charge is 0.407 e. The summed E-state index contributed by atoms with van der Waals surface area (Å²) >= 11 is 0. The number of H-pyrrole nitrogens is 2. The number of hydrogen-bond donors (Lipinski definition) is 4. The highest BCUT2D eigenvalue weighted by Crippen LogP contribution is 2.58. The van der Waals surface area contributed by atoms with Gasteiger partial charge in [-0.25, -0.2) is 19.6 Å². The van der Waals surface area contributed by atoms with Crippen LogP contribution in [0.3, 0.4) is 0 Å². The topological polar surface area (TPSA) is 184 Å². The summed E-state index contributed by atoms with van der Waals surface area (Å²) in [5.41, 5.74) is 5.51. The first-order valence-corrected chi connectivity index (χ1v) is 20.8. The molecule has 4 N–H and O–H groups in total. The number of methoxy groups -OCH3 is 3. The molecule has 2 bridgehead atoms. The molecule has 15 nitrogen and oxygen atoms in total. The van der Waals surface area contributed by atoms with Gasteiger partial charge in [-0.1, -0.05) is 63.2 Å². The van der Waals surface area contributed by atoms with Crippen molar-refractivity contribution in [3.05, 3.63) is 72.4 Å². The minimum atomic E-state index is -0.908. The highest BCUT2D eigenvalue weighted by Gasteiger charge is 2.58. The molecule has 2 aliphatic heterocycles. The average molecular weight is 819 g/mol. The standard InChI is InChI=1S/C45H54N8O7/c1-24(2)35(50-43(56)59-6)41(54)52-20-8-9-34(52)39-47-32-17-15-29-21-28(14-16-31(29)37(32)49-39)26-10-12-27(13-11-26)33-23-46-40(48-33)38-45(4)19-18-30(22-45)53(38)42(55)36(25(3)58-5)51-44(57)60-7/h10-17,21,23-25,30,34-36,38H,8-9,18-20,22H2,1-7H3,(H,46,48)(H,47,49)(H,50,56)(H,51,57)/t25-,30-,34+,35+,36+,38-,45?/m1/s1. The number of carbonyl (C=O) groups excluding carboxylic acids is 4. The van der Waals surface area contributed by atoms with Crippen LogP contribution in [-0.2, 0) is 23.8 Å². The number of amides is 4. The van der Waals surface area contributed by atoms with E-state index >= 15 is 0 Å². The third-order valence-electron chi connectivity index (χ3n) is 13.0. The molecule has 1 saturated carbocycles. The molecule has 60 heavy (non-hydrogen) atoms. The normalized spacial score (nSPS) is 22.6. The van der Waals surface area contributed by atoms with E-state index in [0.717, 1.165) is 87.9 Å². The van der Waals surface area contributed by atoms with Crippen LogP contribution in [0.4, 0.5) is 9.59 Å².